The predicted molar refractivity (Wildman–Crippen MR) is 80.8 cm³/mol. The van der Waals surface area contributed by atoms with Crippen molar-refractivity contribution in [3.8, 4) is 0 Å². The molecule has 1 unspecified atom stereocenters. The number of benzene rings is 2. The molecule has 0 amide bonds. The van der Waals surface area contributed by atoms with Gasteiger partial charge in [0, 0.05) is 6.42 Å². The number of hydrogen-bond donors (Lipinski definition) is 1. The van der Waals surface area contributed by atoms with Crippen LogP contribution >= 0.6 is 0 Å². The summed E-state index contributed by atoms with van der Waals surface area (Å²) in [7, 11) is 0. The molecule has 0 aliphatic carbocycles. The highest BCUT2D eigenvalue weighted by molar-refractivity contribution is 5.76. The van der Waals surface area contributed by atoms with Gasteiger partial charge in [0.2, 0.25) is 0 Å². The second-order valence-electron chi connectivity index (χ2n) is 4.95. The van der Waals surface area contributed by atoms with Crippen molar-refractivity contribution in [2.75, 3.05) is 6.61 Å². The summed E-state index contributed by atoms with van der Waals surface area (Å²) >= 11 is 0. The number of aromatic nitrogens is 2. The van der Waals surface area contributed by atoms with Crippen molar-refractivity contribution in [2.24, 2.45) is 0 Å². The smallest absolute Gasteiger partial charge is 0.112 e. The first-order valence-electron chi connectivity index (χ1n) is 6.93. The zero-order valence-electron chi connectivity index (χ0n) is 11.5. The summed E-state index contributed by atoms with van der Waals surface area (Å²) in [5.74, 6) is 0.935. The molecule has 0 radical (unpaired) electrons. The molecule has 3 nitrogen and oxygen atoms in total. The van der Waals surface area contributed by atoms with Gasteiger partial charge in [-0.2, -0.15) is 0 Å². The van der Waals surface area contributed by atoms with Crippen LogP contribution in [0.5, 0.6) is 0 Å². The third kappa shape index (κ3) is 2.21. The van der Waals surface area contributed by atoms with E-state index >= 15 is 0 Å². The SMILES string of the molecule is CC(c1ccccc1)n1c(CCO)nc2ccccc21. The molecule has 2 aromatic carbocycles. The fraction of sp³-hybridized carbons (Fsp3) is 0.235. The summed E-state index contributed by atoms with van der Waals surface area (Å²) in [5, 5.41) is 9.27. The number of hydrogen-bond acceptors (Lipinski definition) is 2. The van der Waals surface area contributed by atoms with Gasteiger partial charge >= 0.3 is 0 Å². The lowest BCUT2D eigenvalue weighted by Gasteiger charge is -2.18. The average molecular weight is 266 g/mol. The van der Waals surface area contributed by atoms with Crippen molar-refractivity contribution in [3.63, 3.8) is 0 Å². The van der Waals surface area contributed by atoms with E-state index in [0.29, 0.717) is 6.42 Å². The summed E-state index contributed by atoms with van der Waals surface area (Å²) in [6.45, 7) is 2.29. The zero-order chi connectivity index (χ0) is 13.9. The summed E-state index contributed by atoms with van der Waals surface area (Å²) in [5.41, 5.74) is 3.35. The van der Waals surface area contributed by atoms with Crippen molar-refractivity contribution in [1.82, 2.24) is 9.55 Å². The van der Waals surface area contributed by atoms with Gasteiger partial charge in [0.1, 0.15) is 5.82 Å². The highest BCUT2D eigenvalue weighted by atomic mass is 16.3. The molecular weight excluding hydrogens is 248 g/mol. The number of aliphatic hydroxyl groups is 1. The topological polar surface area (TPSA) is 38.0 Å². The minimum Gasteiger partial charge on any atom is -0.396 e. The molecule has 0 aliphatic rings. The Morgan fingerprint density at radius 3 is 2.50 bits per heavy atom. The number of imidazole rings is 1. The molecule has 102 valence electrons. The van der Waals surface area contributed by atoms with Crippen LogP contribution in [0.4, 0.5) is 0 Å². The van der Waals surface area contributed by atoms with Crippen LogP contribution in [0.1, 0.15) is 24.4 Å². The summed E-state index contributed by atoms with van der Waals surface area (Å²) in [4.78, 5) is 4.65. The molecule has 0 fully saturated rings. The van der Waals surface area contributed by atoms with Gasteiger partial charge in [-0.25, -0.2) is 4.98 Å². The minimum absolute atomic E-state index is 0.116. The molecule has 1 N–H and O–H groups in total. The van der Waals surface area contributed by atoms with Gasteiger partial charge in [0.05, 0.1) is 23.7 Å². The normalized spacial score (nSPS) is 12.7. The third-order valence-electron chi connectivity index (χ3n) is 3.67. The average Bonchev–Trinajstić information content (AvgIpc) is 2.86. The molecule has 0 aliphatic heterocycles. The highest BCUT2D eigenvalue weighted by Crippen LogP contribution is 2.26. The van der Waals surface area contributed by atoms with Crippen LogP contribution in [0.3, 0.4) is 0 Å². The van der Waals surface area contributed by atoms with Gasteiger partial charge < -0.3 is 9.67 Å². The van der Waals surface area contributed by atoms with E-state index in [1.54, 1.807) is 0 Å². The van der Waals surface area contributed by atoms with Crippen LogP contribution in [0, 0.1) is 0 Å². The van der Waals surface area contributed by atoms with Gasteiger partial charge in [-0.3, -0.25) is 0 Å². The maximum absolute atomic E-state index is 9.27. The summed E-state index contributed by atoms with van der Waals surface area (Å²) < 4.78 is 2.22. The molecule has 0 spiro atoms. The number of aliphatic hydroxyl groups excluding tert-OH is 1. The zero-order valence-corrected chi connectivity index (χ0v) is 11.5. The Labute approximate surface area is 118 Å². The number of fused-ring (bicyclic) bond motifs is 1. The number of nitrogens with zero attached hydrogens (tertiary/aromatic N) is 2. The Kier molecular flexibility index (Phi) is 3.52. The minimum atomic E-state index is 0.116. The first kappa shape index (κ1) is 12.9. The molecule has 3 heteroatoms. The quantitative estimate of drug-likeness (QED) is 0.787. The first-order valence-corrected chi connectivity index (χ1v) is 6.93. The van der Waals surface area contributed by atoms with Crippen LogP contribution < -0.4 is 0 Å². The van der Waals surface area contributed by atoms with Gasteiger partial charge in [-0.15, -0.1) is 0 Å². The monoisotopic (exact) mass is 266 g/mol. The molecule has 1 atom stereocenters. The van der Waals surface area contributed by atoms with E-state index in [4.69, 9.17) is 0 Å². The molecule has 0 saturated carbocycles. The largest absolute Gasteiger partial charge is 0.396 e. The van der Waals surface area contributed by atoms with E-state index in [0.717, 1.165) is 16.9 Å². The molecule has 0 bridgehead atoms. The van der Waals surface area contributed by atoms with E-state index in [1.807, 2.05) is 24.3 Å². The maximum atomic E-state index is 9.27. The van der Waals surface area contributed by atoms with Crippen molar-refractivity contribution in [2.45, 2.75) is 19.4 Å². The second kappa shape index (κ2) is 5.47. The van der Waals surface area contributed by atoms with Gasteiger partial charge in [-0.05, 0) is 24.6 Å². The Bertz CT molecular complexity index is 703. The van der Waals surface area contributed by atoms with E-state index in [1.165, 1.54) is 5.56 Å². The summed E-state index contributed by atoms with van der Waals surface area (Å²) in [6.07, 6.45) is 0.575. The van der Waals surface area contributed by atoms with Crippen molar-refractivity contribution >= 4 is 11.0 Å². The van der Waals surface area contributed by atoms with Gasteiger partial charge in [0.25, 0.3) is 0 Å². The first-order chi connectivity index (χ1) is 9.81. The maximum Gasteiger partial charge on any atom is 0.112 e. The van der Waals surface area contributed by atoms with Crippen LogP contribution in [-0.2, 0) is 6.42 Å². The highest BCUT2D eigenvalue weighted by Gasteiger charge is 2.16. The Hall–Kier alpha value is -2.13. The molecule has 3 aromatic rings. The standard InChI is InChI=1S/C17H18N2O/c1-13(14-7-3-2-4-8-14)19-16-10-6-5-9-15(16)18-17(19)11-12-20/h2-10,13,20H,11-12H2,1H3. The van der Waals surface area contributed by atoms with E-state index in [9.17, 15) is 5.11 Å². The Morgan fingerprint density at radius 2 is 1.75 bits per heavy atom. The Morgan fingerprint density at radius 1 is 1.05 bits per heavy atom. The van der Waals surface area contributed by atoms with Gasteiger partial charge in [0.15, 0.2) is 0 Å². The molecule has 20 heavy (non-hydrogen) atoms. The van der Waals surface area contributed by atoms with Crippen molar-refractivity contribution in [1.29, 1.82) is 0 Å². The van der Waals surface area contributed by atoms with Crippen LogP contribution in [0.15, 0.2) is 54.6 Å². The van der Waals surface area contributed by atoms with Crippen LogP contribution in [0.2, 0.25) is 0 Å². The predicted octanol–water partition coefficient (Wildman–Crippen LogP) is 3.18. The molecule has 1 aromatic heterocycles. The molecule has 0 saturated heterocycles. The molecule has 1 heterocycles. The number of para-hydroxylation sites is 2. The van der Waals surface area contributed by atoms with E-state index in [-0.39, 0.29) is 12.6 Å². The molecule has 3 rings (SSSR count). The molecular formula is C17H18N2O. The fourth-order valence-electron chi connectivity index (χ4n) is 2.68. The lowest BCUT2D eigenvalue weighted by molar-refractivity contribution is 0.294. The summed E-state index contributed by atoms with van der Waals surface area (Å²) in [6, 6.07) is 18.7. The van der Waals surface area contributed by atoms with Crippen molar-refractivity contribution in [3.05, 3.63) is 66.0 Å². The Balaban J connectivity index is 2.15. The van der Waals surface area contributed by atoms with Crippen LogP contribution in [-0.4, -0.2) is 21.3 Å². The van der Waals surface area contributed by atoms with Crippen LogP contribution in [0.25, 0.3) is 11.0 Å². The van der Waals surface area contributed by atoms with Crippen molar-refractivity contribution < 1.29 is 5.11 Å². The van der Waals surface area contributed by atoms with E-state index in [2.05, 4.69) is 46.8 Å². The number of rotatable bonds is 4. The lowest BCUT2D eigenvalue weighted by Crippen LogP contribution is -2.11. The lowest BCUT2D eigenvalue weighted by atomic mass is 10.1. The second-order valence-corrected chi connectivity index (χ2v) is 4.95. The van der Waals surface area contributed by atoms with E-state index < -0.39 is 0 Å². The third-order valence-corrected chi connectivity index (χ3v) is 3.67. The van der Waals surface area contributed by atoms with Gasteiger partial charge in [-0.1, -0.05) is 42.5 Å². The fourth-order valence-corrected chi connectivity index (χ4v) is 2.68.